The van der Waals surface area contributed by atoms with E-state index in [2.05, 4.69) is 19.2 Å². The molecule has 2 atom stereocenters. The number of nitrogens with zero attached hydrogens (tertiary/aromatic N) is 2. The summed E-state index contributed by atoms with van der Waals surface area (Å²) in [5, 5.41) is 2.91. The minimum absolute atomic E-state index is 0.0381. The summed E-state index contributed by atoms with van der Waals surface area (Å²) in [5.74, 6) is 0.715. The van der Waals surface area contributed by atoms with Gasteiger partial charge in [-0.3, -0.25) is 4.79 Å². The van der Waals surface area contributed by atoms with Gasteiger partial charge in [0.2, 0.25) is 5.91 Å². The van der Waals surface area contributed by atoms with Crippen molar-refractivity contribution in [2.75, 3.05) is 20.1 Å². The summed E-state index contributed by atoms with van der Waals surface area (Å²) in [4.78, 5) is 27.7. The van der Waals surface area contributed by atoms with Gasteiger partial charge in [0.15, 0.2) is 0 Å². The van der Waals surface area contributed by atoms with Crippen molar-refractivity contribution in [3.63, 3.8) is 0 Å². The second-order valence-corrected chi connectivity index (χ2v) is 6.95. The van der Waals surface area contributed by atoms with Gasteiger partial charge in [0.25, 0.3) is 0 Å². The lowest BCUT2D eigenvalue weighted by atomic mass is 9.72. The first-order chi connectivity index (χ1) is 8.90. The van der Waals surface area contributed by atoms with E-state index in [9.17, 15) is 9.59 Å². The summed E-state index contributed by atoms with van der Waals surface area (Å²) in [6, 6.07) is -0.00678. The zero-order valence-corrected chi connectivity index (χ0v) is 12.0. The number of nitrogens with one attached hydrogen (secondary N) is 1. The number of rotatable bonds is 2. The predicted molar refractivity (Wildman–Crippen MR) is 71.6 cm³/mol. The molecular formula is C14H23N3O2. The van der Waals surface area contributed by atoms with Gasteiger partial charge in [-0.25, -0.2) is 4.79 Å². The van der Waals surface area contributed by atoms with E-state index in [1.807, 2.05) is 4.90 Å². The predicted octanol–water partition coefficient (Wildman–Crippen LogP) is 1.05. The largest absolute Gasteiger partial charge is 0.344 e. The third-order valence-corrected chi connectivity index (χ3v) is 4.77. The highest BCUT2D eigenvalue weighted by Crippen LogP contribution is 2.50. The molecule has 2 heterocycles. The minimum atomic E-state index is -0.318. The van der Waals surface area contributed by atoms with Crippen LogP contribution in [0.25, 0.3) is 0 Å². The van der Waals surface area contributed by atoms with Gasteiger partial charge < -0.3 is 15.1 Å². The highest BCUT2D eigenvalue weighted by molar-refractivity contribution is 5.88. The van der Waals surface area contributed by atoms with Gasteiger partial charge >= 0.3 is 6.03 Å². The number of amides is 3. The van der Waals surface area contributed by atoms with E-state index in [-0.39, 0.29) is 23.4 Å². The van der Waals surface area contributed by atoms with Crippen LogP contribution in [-0.4, -0.2) is 54.0 Å². The van der Waals surface area contributed by atoms with Gasteiger partial charge in [0, 0.05) is 31.6 Å². The Bertz CT molecular complexity index is 417. The van der Waals surface area contributed by atoms with Crippen molar-refractivity contribution in [3.05, 3.63) is 0 Å². The fourth-order valence-corrected chi connectivity index (χ4v) is 3.63. The fraction of sp³-hybridized carbons (Fsp3) is 0.857. The van der Waals surface area contributed by atoms with E-state index in [4.69, 9.17) is 0 Å². The van der Waals surface area contributed by atoms with E-state index in [1.54, 1.807) is 11.9 Å². The molecule has 0 aromatic heterocycles. The molecule has 2 saturated heterocycles. The summed E-state index contributed by atoms with van der Waals surface area (Å²) >= 11 is 0. The molecule has 5 nitrogen and oxygen atoms in total. The van der Waals surface area contributed by atoms with Crippen LogP contribution in [0.15, 0.2) is 0 Å². The van der Waals surface area contributed by atoms with Gasteiger partial charge in [-0.05, 0) is 25.2 Å². The molecule has 1 N–H and O–H groups in total. The van der Waals surface area contributed by atoms with E-state index in [0.29, 0.717) is 12.0 Å². The Balaban J connectivity index is 1.61. The molecule has 106 valence electrons. The van der Waals surface area contributed by atoms with Crippen LogP contribution >= 0.6 is 0 Å². The molecule has 2 aliphatic heterocycles. The lowest BCUT2D eigenvalue weighted by molar-refractivity contribution is -0.128. The molecule has 3 amide bonds. The van der Waals surface area contributed by atoms with E-state index >= 15 is 0 Å². The number of hydrogen-bond acceptors (Lipinski definition) is 2. The van der Waals surface area contributed by atoms with E-state index < -0.39 is 0 Å². The molecule has 5 heteroatoms. The van der Waals surface area contributed by atoms with Crippen LogP contribution in [0.4, 0.5) is 4.79 Å². The molecule has 0 aromatic rings. The zero-order valence-electron chi connectivity index (χ0n) is 12.0. The molecule has 0 bridgehead atoms. The van der Waals surface area contributed by atoms with Gasteiger partial charge in [-0.2, -0.15) is 0 Å². The maximum atomic E-state index is 12.3. The lowest BCUT2D eigenvalue weighted by Gasteiger charge is -2.54. The molecule has 0 spiro atoms. The number of likely N-dealkylation sites (N-methyl/N-ethyl adjacent to an activating group) is 1. The molecule has 1 aliphatic carbocycles. The average Bonchev–Trinajstić information content (AvgIpc) is 3.09. The Morgan fingerprint density at radius 1 is 1.32 bits per heavy atom. The van der Waals surface area contributed by atoms with Crippen molar-refractivity contribution < 1.29 is 9.59 Å². The molecule has 3 aliphatic rings. The van der Waals surface area contributed by atoms with Crippen molar-refractivity contribution in [3.8, 4) is 0 Å². The lowest BCUT2D eigenvalue weighted by Crippen LogP contribution is -2.67. The van der Waals surface area contributed by atoms with Crippen molar-refractivity contribution in [2.45, 2.75) is 45.2 Å². The number of likely N-dealkylation sites (tertiary alicyclic amines) is 2. The van der Waals surface area contributed by atoms with E-state index in [0.717, 1.165) is 19.5 Å². The average molecular weight is 265 g/mol. The normalized spacial score (nSPS) is 33.3. The second-order valence-electron chi connectivity index (χ2n) is 6.95. The zero-order chi connectivity index (χ0) is 13.8. The van der Waals surface area contributed by atoms with Crippen molar-refractivity contribution in [1.29, 1.82) is 0 Å². The van der Waals surface area contributed by atoms with Crippen LogP contribution in [0.3, 0.4) is 0 Å². The summed E-state index contributed by atoms with van der Waals surface area (Å²) in [6.45, 7) is 6.00. The Kier molecular flexibility index (Phi) is 2.76. The number of urea groups is 1. The van der Waals surface area contributed by atoms with Crippen molar-refractivity contribution >= 4 is 11.9 Å². The van der Waals surface area contributed by atoms with Gasteiger partial charge in [-0.15, -0.1) is 0 Å². The molecule has 3 fully saturated rings. The van der Waals surface area contributed by atoms with E-state index in [1.165, 1.54) is 12.8 Å². The molecular weight excluding hydrogens is 242 g/mol. The number of carbonyl (C=O) groups is 2. The number of hydrogen-bond donors (Lipinski definition) is 1. The van der Waals surface area contributed by atoms with Crippen LogP contribution in [-0.2, 0) is 4.79 Å². The van der Waals surface area contributed by atoms with Crippen LogP contribution in [0.5, 0.6) is 0 Å². The summed E-state index contributed by atoms with van der Waals surface area (Å²) in [7, 11) is 1.79. The maximum absolute atomic E-state index is 12.3. The molecule has 0 radical (unpaired) electrons. The summed E-state index contributed by atoms with van der Waals surface area (Å²) in [6.07, 6.45) is 3.21. The Morgan fingerprint density at radius 3 is 2.47 bits per heavy atom. The third kappa shape index (κ3) is 2.09. The second kappa shape index (κ2) is 4.12. The maximum Gasteiger partial charge on any atom is 0.318 e. The SMILES string of the molecule is CN1CCC(NC(=O)N2CC(C)(C)C2C2CC2)C1=O. The van der Waals surface area contributed by atoms with Gasteiger partial charge in [0.05, 0.1) is 0 Å². The first kappa shape index (κ1) is 12.8. The highest BCUT2D eigenvalue weighted by atomic mass is 16.2. The number of carbonyl (C=O) groups excluding carboxylic acids is 2. The monoisotopic (exact) mass is 265 g/mol. The third-order valence-electron chi connectivity index (χ3n) is 4.77. The molecule has 3 rings (SSSR count). The Hall–Kier alpha value is -1.26. The summed E-state index contributed by atoms with van der Waals surface area (Å²) < 4.78 is 0. The Morgan fingerprint density at radius 2 is 2.00 bits per heavy atom. The first-order valence-electron chi connectivity index (χ1n) is 7.22. The fourth-order valence-electron chi connectivity index (χ4n) is 3.63. The summed E-state index contributed by atoms with van der Waals surface area (Å²) in [5.41, 5.74) is 0.231. The standard InChI is InChI=1S/C14H23N3O2/c1-14(2)8-17(11(14)9-4-5-9)13(19)15-10-6-7-16(3)12(10)18/h9-11H,4-8H2,1-3H3,(H,15,19). The molecule has 0 aromatic carbocycles. The van der Waals surface area contributed by atoms with Gasteiger partial charge in [0.1, 0.15) is 6.04 Å². The molecule has 2 unspecified atom stereocenters. The van der Waals surface area contributed by atoms with Crippen LogP contribution in [0.2, 0.25) is 0 Å². The van der Waals surface area contributed by atoms with Crippen LogP contribution in [0, 0.1) is 11.3 Å². The molecule has 1 saturated carbocycles. The first-order valence-corrected chi connectivity index (χ1v) is 7.22. The molecule has 19 heavy (non-hydrogen) atoms. The highest BCUT2D eigenvalue weighted by Gasteiger charge is 2.54. The minimum Gasteiger partial charge on any atom is -0.344 e. The topological polar surface area (TPSA) is 52.7 Å². The van der Waals surface area contributed by atoms with Crippen LogP contribution in [0.1, 0.15) is 33.1 Å². The van der Waals surface area contributed by atoms with Gasteiger partial charge in [-0.1, -0.05) is 13.8 Å². The smallest absolute Gasteiger partial charge is 0.318 e. The quantitative estimate of drug-likeness (QED) is 0.811. The van der Waals surface area contributed by atoms with Crippen molar-refractivity contribution in [1.82, 2.24) is 15.1 Å². The Labute approximate surface area is 114 Å². The van der Waals surface area contributed by atoms with Crippen molar-refractivity contribution in [2.24, 2.45) is 11.3 Å². The van der Waals surface area contributed by atoms with Crippen LogP contribution < -0.4 is 5.32 Å².